The van der Waals surface area contributed by atoms with E-state index < -0.39 is 21.8 Å². The van der Waals surface area contributed by atoms with E-state index in [1.807, 2.05) is 30.3 Å². The number of nitrogens with zero attached hydrogens (tertiary/aromatic N) is 2. The van der Waals surface area contributed by atoms with Gasteiger partial charge in [-0.3, -0.25) is 14.9 Å². The van der Waals surface area contributed by atoms with Gasteiger partial charge in [0.1, 0.15) is 12.6 Å². The van der Waals surface area contributed by atoms with E-state index in [-0.39, 0.29) is 48.8 Å². The van der Waals surface area contributed by atoms with Gasteiger partial charge in [-0.15, -0.1) is 12.4 Å². The molecule has 0 unspecified atom stereocenters. The molecule has 180 valence electrons. The fourth-order valence-electron chi connectivity index (χ4n) is 2.49. The fourth-order valence-corrected chi connectivity index (χ4v) is 3.95. The van der Waals surface area contributed by atoms with Crippen molar-refractivity contribution in [2.24, 2.45) is 10.2 Å². The lowest BCUT2D eigenvalue weighted by molar-refractivity contribution is -0.145. The molecule has 0 aliphatic heterocycles. The summed E-state index contributed by atoms with van der Waals surface area (Å²) in [5.74, 6) is -1.23. The lowest BCUT2D eigenvalue weighted by Crippen LogP contribution is -2.45. The third kappa shape index (κ3) is 11.3. The highest BCUT2D eigenvalue weighted by Crippen LogP contribution is 2.19. The van der Waals surface area contributed by atoms with Crippen LogP contribution >= 0.6 is 25.0 Å². The molecular weight excluding hydrogens is 488 g/mol. The van der Waals surface area contributed by atoms with Gasteiger partial charge in [0.05, 0.1) is 29.5 Å². The van der Waals surface area contributed by atoms with Crippen molar-refractivity contribution >= 4 is 58.1 Å². The minimum Gasteiger partial charge on any atom is -0.463 e. The molecule has 12 heteroatoms. The van der Waals surface area contributed by atoms with Gasteiger partial charge in [-0.2, -0.15) is 22.9 Å². The number of amides is 1. The monoisotopic (exact) mass is 514 g/mol. The van der Waals surface area contributed by atoms with Gasteiger partial charge in [-0.1, -0.05) is 30.3 Å². The Morgan fingerprint density at radius 2 is 1.64 bits per heavy atom. The maximum absolute atomic E-state index is 12.4. The van der Waals surface area contributed by atoms with E-state index in [0.29, 0.717) is 11.3 Å². The molecule has 2 rings (SSSR count). The van der Waals surface area contributed by atoms with Crippen molar-refractivity contribution in [2.45, 2.75) is 18.7 Å². The first-order valence-corrected chi connectivity index (χ1v) is 12.3. The van der Waals surface area contributed by atoms with Gasteiger partial charge in [-0.25, -0.2) is 8.42 Å². The Morgan fingerprint density at radius 1 is 1.03 bits per heavy atom. The number of benzene rings is 2. The quantitative estimate of drug-likeness (QED) is 0.173. The van der Waals surface area contributed by atoms with Crippen molar-refractivity contribution in [3.63, 3.8) is 0 Å². The van der Waals surface area contributed by atoms with Crippen LogP contribution in [0.5, 0.6) is 0 Å². The first kappa shape index (κ1) is 28.6. The molecule has 0 aromatic heterocycles. The summed E-state index contributed by atoms with van der Waals surface area (Å²) in [4.78, 5) is 22.9. The zero-order chi connectivity index (χ0) is 23.4. The van der Waals surface area contributed by atoms with Gasteiger partial charge in [0.15, 0.2) is 9.84 Å². The first-order chi connectivity index (χ1) is 15.3. The summed E-state index contributed by atoms with van der Waals surface area (Å²) in [5.41, 5.74) is 1.92. The van der Waals surface area contributed by atoms with Gasteiger partial charge >= 0.3 is 5.97 Å². The van der Waals surface area contributed by atoms with Crippen LogP contribution in [0.25, 0.3) is 0 Å². The molecule has 0 bridgehead atoms. The van der Waals surface area contributed by atoms with Crippen LogP contribution in [0, 0.1) is 0 Å². The molecule has 0 radical (unpaired) electrons. The van der Waals surface area contributed by atoms with Crippen molar-refractivity contribution in [3.05, 3.63) is 60.2 Å². The van der Waals surface area contributed by atoms with Gasteiger partial charge in [0.25, 0.3) is 0 Å². The number of hydrogen-bond acceptors (Lipinski definition) is 9. The Hall–Kier alpha value is -2.47. The predicted octanol–water partition coefficient (Wildman–Crippen LogP) is 2.96. The van der Waals surface area contributed by atoms with E-state index in [1.165, 1.54) is 6.92 Å². The number of ether oxygens (including phenoxy) is 1. The third-order valence-electron chi connectivity index (χ3n) is 4.15. The van der Waals surface area contributed by atoms with Gasteiger partial charge in [0.2, 0.25) is 5.91 Å². The highest BCUT2D eigenvalue weighted by molar-refractivity contribution is 7.90. The minimum absolute atomic E-state index is 0. The highest BCUT2D eigenvalue weighted by atomic mass is 35.5. The van der Waals surface area contributed by atoms with Crippen molar-refractivity contribution in [1.82, 2.24) is 10.6 Å². The molecule has 9 nitrogen and oxygen atoms in total. The summed E-state index contributed by atoms with van der Waals surface area (Å²) in [5, 5.41) is 13.5. The average Bonchev–Trinajstić information content (AvgIpc) is 2.76. The molecule has 0 heterocycles. The molecule has 0 saturated heterocycles. The number of azo groups is 1. The molecule has 1 atom stereocenters. The molecular formula is C21H27ClN4O5S2. The maximum Gasteiger partial charge on any atom is 0.324 e. The average molecular weight is 515 g/mol. The van der Waals surface area contributed by atoms with Crippen LogP contribution in [0.3, 0.4) is 0 Å². The number of hydrogen-bond donors (Lipinski definition) is 3. The summed E-state index contributed by atoms with van der Waals surface area (Å²) >= 11 is 4.06. The highest BCUT2D eigenvalue weighted by Gasteiger charge is 2.19. The van der Waals surface area contributed by atoms with Crippen LogP contribution < -0.4 is 10.6 Å². The molecule has 0 spiro atoms. The van der Waals surface area contributed by atoms with E-state index in [0.717, 1.165) is 5.69 Å². The predicted molar refractivity (Wildman–Crippen MR) is 132 cm³/mol. The summed E-state index contributed by atoms with van der Waals surface area (Å²) in [6.45, 7) is 1.16. The van der Waals surface area contributed by atoms with Crippen molar-refractivity contribution in [3.8, 4) is 0 Å². The SMILES string of the molecule is CC(=O)NCN[C@@H](CS)C(=O)OCCS(=O)(=O)Cc1ccc(N=Nc2ccccc2)cc1.Cl. The van der Waals surface area contributed by atoms with E-state index in [1.54, 1.807) is 24.3 Å². The van der Waals surface area contributed by atoms with Gasteiger partial charge < -0.3 is 10.1 Å². The molecule has 2 aromatic carbocycles. The summed E-state index contributed by atoms with van der Waals surface area (Å²) in [6.07, 6.45) is 0. The lowest BCUT2D eigenvalue weighted by atomic mass is 10.2. The largest absolute Gasteiger partial charge is 0.463 e. The second kappa shape index (κ2) is 14.6. The fraction of sp³-hybridized carbons (Fsp3) is 0.333. The van der Waals surface area contributed by atoms with Gasteiger partial charge in [-0.05, 0) is 29.8 Å². The number of halogens is 1. The van der Waals surface area contributed by atoms with Crippen molar-refractivity contribution in [1.29, 1.82) is 0 Å². The Balaban J connectivity index is 0.00000544. The summed E-state index contributed by atoms with van der Waals surface area (Å²) in [6, 6.07) is 15.2. The number of carbonyl (C=O) groups is 2. The maximum atomic E-state index is 12.4. The zero-order valence-electron chi connectivity index (χ0n) is 18.0. The number of nitrogens with one attached hydrogen (secondary N) is 2. The molecule has 2 aromatic rings. The van der Waals surface area contributed by atoms with Crippen LogP contribution in [0.2, 0.25) is 0 Å². The first-order valence-electron chi connectivity index (χ1n) is 9.80. The Kier molecular flexibility index (Phi) is 12.7. The van der Waals surface area contributed by atoms with Crippen LogP contribution in [-0.4, -0.2) is 51.1 Å². The number of sulfone groups is 1. The van der Waals surface area contributed by atoms with Crippen molar-refractivity contribution in [2.75, 3.05) is 24.8 Å². The second-order valence-corrected chi connectivity index (χ2v) is 9.36. The summed E-state index contributed by atoms with van der Waals surface area (Å²) < 4.78 is 29.8. The third-order valence-corrected chi connectivity index (χ3v) is 6.08. The Labute approximate surface area is 205 Å². The van der Waals surface area contributed by atoms with E-state index in [9.17, 15) is 18.0 Å². The van der Waals surface area contributed by atoms with Crippen LogP contribution in [-0.2, 0) is 29.9 Å². The zero-order valence-corrected chi connectivity index (χ0v) is 20.5. The van der Waals surface area contributed by atoms with Crippen LogP contribution in [0.4, 0.5) is 11.4 Å². The molecule has 0 aliphatic rings. The van der Waals surface area contributed by atoms with Gasteiger partial charge in [0, 0.05) is 12.7 Å². The van der Waals surface area contributed by atoms with Crippen LogP contribution in [0.1, 0.15) is 12.5 Å². The van der Waals surface area contributed by atoms with E-state index in [2.05, 4.69) is 33.5 Å². The van der Waals surface area contributed by atoms with E-state index in [4.69, 9.17) is 4.74 Å². The number of rotatable bonds is 12. The molecule has 33 heavy (non-hydrogen) atoms. The standard InChI is InChI=1S/C21H26N4O5S2.ClH/c1-16(26)22-15-23-20(13-31)21(27)30-11-12-32(28,29)14-17-7-9-19(10-8-17)25-24-18-5-3-2-4-6-18;/h2-10,20,23,31H,11-15H2,1H3,(H,22,26);1H/t20-;/m0./s1. The normalized spacial score (nSPS) is 12.1. The Bertz CT molecular complexity index is 1020. The minimum atomic E-state index is -3.49. The molecule has 0 aliphatic carbocycles. The lowest BCUT2D eigenvalue weighted by Gasteiger charge is -2.15. The molecule has 1 amide bonds. The smallest absolute Gasteiger partial charge is 0.324 e. The number of carbonyl (C=O) groups excluding carboxylic acids is 2. The Morgan fingerprint density at radius 3 is 2.21 bits per heavy atom. The van der Waals surface area contributed by atoms with Crippen LogP contribution in [0.15, 0.2) is 64.8 Å². The molecule has 0 fully saturated rings. The number of thiol groups is 1. The molecule has 0 saturated carbocycles. The summed E-state index contributed by atoms with van der Waals surface area (Å²) in [7, 11) is -3.49. The van der Waals surface area contributed by atoms with Crippen molar-refractivity contribution < 1.29 is 22.7 Å². The second-order valence-electron chi connectivity index (χ2n) is 6.81. The number of esters is 1. The van der Waals surface area contributed by atoms with E-state index >= 15 is 0 Å². The molecule has 2 N–H and O–H groups in total. The topological polar surface area (TPSA) is 126 Å².